The molecule has 4 amide bonds. The molecule has 72 heavy (non-hydrogen) atoms. The summed E-state index contributed by atoms with van der Waals surface area (Å²) in [7, 11) is -19.2. The summed E-state index contributed by atoms with van der Waals surface area (Å²) in [6.45, 7) is -1.17. The Morgan fingerprint density at radius 2 is 0.875 bits per heavy atom. The third kappa shape index (κ3) is 18.2. The first kappa shape index (κ1) is 58.5. The summed E-state index contributed by atoms with van der Waals surface area (Å²) in [5, 5.41) is 19.3. The number of amides is 4. The third-order valence-corrected chi connectivity index (χ3v) is 14.0. The molecular formula is C42H54N6O20S4. The van der Waals surface area contributed by atoms with Crippen LogP contribution >= 0.6 is 0 Å². The zero-order valence-electron chi connectivity index (χ0n) is 38.1. The summed E-state index contributed by atoms with van der Waals surface area (Å²) in [6.07, 6.45) is 2.61. The average Bonchev–Trinajstić information content (AvgIpc) is 3.29. The maximum absolute atomic E-state index is 13.4. The maximum atomic E-state index is 13.4. The first-order valence-electron chi connectivity index (χ1n) is 21.7. The fraction of sp³-hybridized carbons (Fsp3) is 0.405. The molecule has 0 aliphatic rings. The number of aliphatic carboxylic acids is 1. The van der Waals surface area contributed by atoms with E-state index in [1.54, 1.807) is 0 Å². The van der Waals surface area contributed by atoms with Gasteiger partial charge in [-0.05, 0) is 117 Å². The van der Waals surface area contributed by atoms with Gasteiger partial charge in [-0.1, -0.05) is 0 Å². The summed E-state index contributed by atoms with van der Waals surface area (Å²) in [5.74, 6) is -4.30. The smallest absolute Gasteiger partial charge is 0.320 e. The molecule has 3 atom stereocenters. The van der Waals surface area contributed by atoms with Crippen molar-refractivity contribution in [3.63, 3.8) is 0 Å². The second-order valence-electron chi connectivity index (χ2n) is 16.2. The maximum Gasteiger partial charge on any atom is 0.320 e. The lowest BCUT2D eigenvalue weighted by atomic mass is 10.1. The first-order chi connectivity index (χ1) is 33.5. The van der Waals surface area contributed by atoms with E-state index in [4.69, 9.17) is 26.0 Å². The van der Waals surface area contributed by atoms with Crippen LogP contribution in [-0.2, 0) is 64.4 Å². The quantitative estimate of drug-likeness (QED) is 0.0261. The zero-order valence-corrected chi connectivity index (χ0v) is 41.3. The van der Waals surface area contributed by atoms with E-state index in [9.17, 15) is 75.9 Å². The predicted molar refractivity (Wildman–Crippen MR) is 254 cm³/mol. The van der Waals surface area contributed by atoms with Crippen LogP contribution in [0.4, 0.5) is 0 Å². The third-order valence-electron chi connectivity index (χ3n) is 10.7. The number of hydrogen-bond donors (Lipinski definition) is 11. The van der Waals surface area contributed by atoms with Gasteiger partial charge in [0.1, 0.15) is 23.6 Å². The van der Waals surface area contributed by atoms with Gasteiger partial charge < -0.3 is 47.3 Å². The molecule has 0 heterocycles. The Morgan fingerprint density at radius 1 is 0.486 bits per heavy atom. The monoisotopic (exact) mass is 1090 g/mol. The molecule has 0 aromatic heterocycles. The Bertz CT molecular complexity index is 3110. The lowest BCUT2D eigenvalue weighted by Gasteiger charge is -2.19. The molecule has 0 spiro atoms. The molecule has 0 saturated heterocycles. The number of hydrogen-bond acceptors (Lipinski definition) is 17. The van der Waals surface area contributed by atoms with Crippen molar-refractivity contribution in [3.05, 3.63) is 60.7 Å². The summed E-state index contributed by atoms with van der Waals surface area (Å²) >= 11 is 0. The second kappa shape index (κ2) is 25.5. The predicted octanol–water partition coefficient (Wildman–Crippen LogP) is 0.521. The highest BCUT2D eigenvalue weighted by molar-refractivity contribution is 7.86. The molecule has 0 unspecified atom stereocenters. The van der Waals surface area contributed by atoms with E-state index < -0.39 is 121 Å². The van der Waals surface area contributed by atoms with Gasteiger partial charge in [0.25, 0.3) is 52.3 Å². The standard InChI is InChI=1S/C42H54N6O20S4/c43-33(40(51)46-15-5-2-8-34(44)42(53)54)7-1-4-16-47-41(52)35(48-39(50)24-68-37-22-30(72(64,65)66)20-26-18-28(70(58,59)60)11-13-32(26)37)9-3-6-14-45-38(49)23-67-36-21-29(71(61,62)63)19-25-17-27(69(55,56)57)10-12-31(25)36/h10-13,17-22,33-35H,1-9,14-16,23-24,43-44H2,(H,45,49)(H,46,51)(H,47,52)(H,48,50)(H,53,54)(H,55,56,57)(H,58,59,60)(H,61,62,63)(H,64,65,66)/t33-,34-,35-/m0/s1. The number of nitrogens with one attached hydrogen (secondary N) is 4. The van der Waals surface area contributed by atoms with Crippen LogP contribution in [0, 0.1) is 0 Å². The molecule has 4 aromatic carbocycles. The number of carbonyl (C=O) groups is 5. The number of carbonyl (C=O) groups excluding carboxylic acids is 4. The number of carboxylic acid groups (broad SMARTS) is 1. The van der Waals surface area contributed by atoms with Crippen molar-refractivity contribution in [2.45, 2.75) is 95.5 Å². The van der Waals surface area contributed by atoms with Gasteiger partial charge in [-0.25, -0.2) is 0 Å². The number of fused-ring (bicyclic) bond motifs is 2. The highest BCUT2D eigenvalue weighted by atomic mass is 32.2. The molecule has 30 heteroatoms. The molecule has 0 fully saturated rings. The van der Waals surface area contributed by atoms with Gasteiger partial charge in [-0.2, -0.15) is 33.7 Å². The Morgan fingerprint density at radius 3 is 1.32 bits per heavy atom. The summed E-state index contributed by atoms with van der Waals surface area (Å²) in [6, 6.07) is 6.75. The Kier molecular flexibility index (Phi) is 20.7. The summed E-state index contributed by atoms with van der Waals surface area (Å²) in [5.41, 5.74) is 11.5. The molecule has 0 radical (unpaired) electrons. The number of benzene rings is 4. The van der Waals surface area contributed by atoms with Crippen LogP contribution in [0.2, 0.25) is 0 Å². The Labute approximate surface area is 413 Å². The van der Waals surface area contributed by atoms with Crippen molar-refractivity contribution in [2.75, 3.05) is 32.8 Å². The van der Waals surface area contributed by atoms with Crippen molar-refractivity contribution in [2.24, 2.45) is 11.5 Å². The van der Waals surface area contributed by atoms with Crippen LogP contribution in [0.3, 0.4) is 0 Å². The van der Waals surface area contributed by atoms with Gasteiger partial charge in [0.15, 0.2) is 13.2 Å². The van der Waals surface area contributed by atoms with E-state index in [-0.39, 0.29) is 84.8 Å². The van der Waals surface area contributed by atoms with Crippen LogP contribution in [0.5, 0.6) is 11.5 Å². The second-order valence-corrected chi connectivity index (χ2v) is 21.9. The summed E-state index contributed by atoms with van der Waals surface area (Å²) in [4.78, 5) is 60.1. The van der Waals surface area contributed by atoms with E-state index in [0.717, 1.165) is 54.6 Å². The van der Waals surface area contributed by atoms with Crippen molar-refractivity contribution in [1.82, 2.24) is 21.3 Å². The number of unbranched alkanes of at least 4 members (excludes halogenated alkanes) is 3. The van der Waals surface area contributed by atoms with Crippen molar-refractivity contribution in [1.29, 1.82) is 0 Å². The number of rotatable bonds is 29. The SMILES string of the molecule is N[C@@H](CCCCNC(=O)[C@@H](N)CCCCNC(=O)[C@H](CCCCNC(=O)COc1cc(S(=O)(=O)O)cc2cc(S(=O)(=O)O)ccc12)NC(=O)COc1cc(S(=O)(=O)O)cc2cc(S(=O)(=O)O)ccc12)C(=O)O. The Hall–Kier alpha value is -6.09. The minimum atomic E-state index is -4.90. The van der Waals surface area contributed by atoms with Gasteiger partial charge in [0.2, 0.25) is 11.8 Å². The molecule has 0 aliphatic heterocycles. The fourth-order valence-corrected chi connectivity index (χ4v) is 8.98. The van der Waals surface area contributed by atoms with Crippen LogP contribution in [-0.4, -0.2) is 138 Å². The largest absolute Gasteiger partial charge is 0.483 e. The van der Waals surface area contributed by atoms with E-state index in [2.05, 4.69) is 21.3 Å². The number of ether oxygens (including phenoxy) is 2. The van der Waals surface area contributed by atoms with Gasteiger partial charge in [0, 0.05) is 42.5 Å². The van der Waals surface area contributed by atoms with Crippen LogP contribution in [0.25, 0.3) is 21.5 Å². The van der Waals surface area contributed by atoms with Gasteiger partial charge in [0.05, 0.1) is 25.6 Å². The zero-order chi connectivity index (χ0) is 53.6. The van der Waals surface area contributed by atoms with Crippen LogP contribution < -0.4 is 42.2 Å². The number of carboxylic acids is 1. The minimum absolute atomic E-state index is 0.000311. The number of nitrogens with two attached hydrogens (primary N) is 2. The fourth-order valence-electron chi connectivity index (χ4n) is 6.88. The highest BCUT2D eigenvalue weighted by Crippen LogP contribution is 2.33. The van der Waals surface area contributed by atoms with Crippen LogP contribution in [0.15, 0.2) is 80.2 Å². The van der Waals surface area contributed by atoms with Crippen molar-refractivity contribution >= 4 is 91.6 Å². The van der Waals surface area contributed by atoms with E-state index >= 15 is 0 Å². The topological polar surface area (TPSA) is 442 Å². The molecule has 13 N–H and O–H groups in total. The molecule has 4 aromatic rings. The summed E-state index contributed by atoms with van der Waals surface area (Å²) < 4.78 is 144. The molecular weight excluding hydrogens is 1040 g/mol. The normalized spacial score (nSPS) is 13.4. The lowest BCUT2D eigenvalue weighted by molar-refractivity contribution is -0.138. The van der Waals surface area contributed by atoms with E-state index in [1.165, 1.54) is 6.07 Å². The molecule has 26 nitrogen and oxygen atoms in total. The van der Waals surface area contributed by atoms with Gasteiger partial charge in [-0.3, -0.25) is 42.2 Å². The molecule has 0 saturated carbocycles. The van der Waals surface area contributed by atoms with Crippen molar-refractivity contribution in [3.8, 4) is 11.5 Å². The minimum Gasteiger partial charge on any atom is -0.483 e. The Balaban J connectivity index is 1.37. The highest BCUT2D eigenvalue weighted by Gasteiger charge is 2.24. The molecule has 396 valence electrons. The molecule has 4 rings (SSSR count). The van der Waals surface area contributed by atoms with Crippen molar-refractivity contribution < 1.29 is 90.4 Å². The van der Waals surface area contributed by atoms with Crippen LogP contribution in [0.1, 0.15) is 57.8 Å². The van der Waals surface area contributed by atoms with Gasteiger partial charge in [-0.15, -0.1) is 0 Å². The molecule has 0 bridgehead atoms. The molecule has 0 aliphatic carbocycles. The van der Waals surface area contributed by atoms with Gasteiger partial charge >= 0.3 is 5.97 Å². The van der Waals surface area contributed by atoms with E-state index in [0.29, 0.717) is 25.7 Å². The average molecular weight is 1090 g/mol. The lowest BCUT2D eigenvalue weighted by Crippen LogP contribution is -2.48. The van der Waals surface area contributed by atoms with E-state index in [1.807, 2.05) is 0 Å². The first-order valence-corrected chi connectivity index (χ1v) is 27.5.